The Hall–Kier alpha value is -2.19. The molecule has 0 saturated carbocycles. The van der Waals surface area contributed by atoms with Gasteiger partial charge in [-0.05, 0) is 34.1 Å². The molecule has 0 fully saturated rings. The third-order valence-corrected chi connectivity index (χ3v) is 3.72. The van der Waals surface area contributed by atoms with Crippen molar-refractivity contribution in [3.63, 3.8) is 0 Å². The molecule has 0 saturated heterocycles. The third kappa shape index (κ3) is 2.67. The van der Waals surface area contributed by atoms with Crippen molar-refractivity contribution in [3.8, 4) is 0 Å². The molecule has 2 heterocycles. The van der Waals surface area contributed by atoms with Crippen molar-refractivity contribution in [2.45, 2.75) is 0 Å². The highest BCUT2D eigenvalue weighted by atomic mass is 79.9. The number of rotatable bonds is 2. The van der Waals surface area contributed by atoms with Gasteiger partial charge in [-0.1, -0.05) is 11.6 Å². The van der Waals surface area contributed by atoms with Crippen LogP contribution in [0.3, 0.4) is 0 Å². The Morgan fingerprint density at radius 1 is 1.38 bits per heavy atom. The zero-order valence-electron chi connectivity index (χ0n) is 10.4. The van der Waals surface area contributed by atoms with Crippen LogP contribution >= 0.6 is 27.5 Å². The van der Waals surface area contributed by atoms with Gasteiger partial charge in [-0.2, -0.15) is 9.97 Å². The molecule has 0 atom stereocenters. The highest BCUT2D eigenvalue weighted by Gasteiger charge is 2.12. The lowest BCUT2D eigenvalue weighted by atomic mass is 10.2. The number of nitrogens with one attached hydrogen (secondary N) is 2. The van der Waals surface area contributed by atoms with Gasteiger partial charge in [0.05, 0.1) is 6.33 Å². The molecule has 3 rings (SSSR count). The first-order chi connectivity index (χ1) is 10.0. The molecule has 4 N–H and O–H groups in total. The summed E-state index contributed by atoms with van der Waals surface area (Å²) in [5, 5.41) is 2.74. The topological polar surface area (TPSA) is 110 Å². The number of hydrogen-bond acceptors (Lipinski definition) is 5. The first-order valence-corrected chi connectivity index (χ1v) is 6.94. The van der Waals surface area contributed by atoms with E-state index in [1.807, 2.05) is 0 Å². The Balaban J connectivity index is 1.90. The highest BCUT2D eigenvalue weighted by molar-refractivity contribution is 9.10. The van der Waals surface area contributed by atoms with Crippen molar-refractivity contribution in [3.05, 3.63) is 39.7 Å². The lowest BCUT2D eigenvalue weighted by Gasteiger charge is -2.05. The lowest BCUT2D eigenvalue weighted by Crippen LogP contribution is -2.14. The number of amides is 1. The lowest BCUT2D eigenvalue weighted by molar-refractivity contribution is 0.102. The number of imidazole rings is 1. The van der Waals surface area contributed by atoms with Gasteiger partial charge in [-0.3, -0.25) is 10.1 Å². The van der Waals surface area contributed by atoms with E-state index in [0.29, 0.717) is 22.4 Å². The number of aromatic amines is 1. The van der Waals surface area contributed by atoms with E-state index in [2.05, 4.69) is 41.2 Å². The van der Waals surface area contributed by atoms with Crippen LogP contribution in [0.15, 0.2) is 29.0 Å². The fourth-order valence-electron chi connectivity index (χ4n) is 1.71. The molecule has 2 aromatic heterocycles. The van der Waals surface area contributed by atoms with Crippen molar-refractivity contribution in [2.75, 3.05) is 11.1 Å². The van der Waals surface area contributed by atoms with Gasteiger partial charge in [-0.25, -0.2) is 4.98 Å². The number of benzene rings is 1. The van der Waals surface area contributed by atoms with Crippen molar-refractivity contribution in [2.24, 2.45) is 0 Å². The Morgan fingerprint density at radius 2 is 2.19 bits per heavy atom. The molecule has 106 valence electrons. The van der Waals surface area contributed by atoms with E-state index in [0.717, 1.165) is 4.47 Å². The summed E-state index contributed by atoms with van der Waals surface area (Å²) in [4.78, 5) is 27.0. The molecule has 0 spiro atoms. The number of halogens is 2. The first kappa shape index (κ1) is 13.8. The summed E-state index contributed by atoms with van der Waals surface area (Å²) in [6.07, 6.45) is 1.45. The Morgan fingerprint density at radius 3 is 2.95 bits per heavy atom. The van der Waals surface area contributed by atoms with Crippen molar-refractivity contribution >= 4 is 56.2 Å². The number of nitrogen functional groups attached to an aromatic ring is 1. The minimum atomic E-state index is -0.389. The fourth-order valence-corrected chi connectivity index (χ4v) is 2.18. The minimum Gasteiger partial charge on any atom is -0.398 e. The number of aromatic nitrogens is 4. The molecule has 0 bridgehead atoms. The maximum Gasteiger partial charge on any atom is 0.258 e. The number of nitrogens with two attached hydrogens (primary N) is 1. The highest BCUT2D eigenvalue weighted by Crippen LogP contribution is 2.21. The summed E-state index contributed by atoms with van der Waals surface area (Å²) >= 11 is 9.25. The number of fused-ring (bicyclic) bond motifs is 1. The first-order valence-electron chi connectivity index (χ1n) is 5.77. The second-order valence-corrected chi connectivity index (χ2v) is 5.34. The van der Waals surface area contributed by atoms with Gasteiger partial charge in [0.1, 0.15) is 5.52 Å². The average molecular weight is 368 g/mol. The maximum absolute atomic E-state index is 12.1. The van der Waals surface area contributed by atoms with E-state index in [9.17, 15) is 4.79 Å². The molecule has 1 amide bonds. The number of hydrogen-bond donors (Lipinski definition) is 3. The second kappa shape index (κ2) is 5.30. The number of carbonyl (C=O) groups is 1. The molecule has 3 aromatic rings. The second-order valence-electron chi connectivity index (χ2n) is 4.13. The van der Waals surface area contributed by atoms with Gasteiger partial charge in [-0.15, -0.1) is 0 Å². The largest absolute Gasteiger partial charge is 0.398 e. The Labute approximate surface area is 132 Å². The van der Waals surface area contributed by atoms with Gasteiger partial charge in [0, 0.05) is 15.7 Å². The van der Waals surface area contributed by atoms with E-state index in [1.165, 1.54) is 6.33 Å². The van der Waals surface area contributed by atoms with Crippen LogP contribution in [-0.4, -0.2) is 25.8 Å². The van der Waals surface area contributed by atoms with E-state index in [-0.39, 0.29) is 17.0 Å². The van der Waals surface area contributed by atoms with Gasteiger partial charge in [0.2, 0.25) is 5.95 Å². The van der Waals surface area contributed by atoms with Crippen LogP contribution in [0.1, 0.15) is 10.4 Å². The SMILES string of the molecule is Nc1cc(C(=O)Nc2nc(Cl)c3[nH]cnc3n2)ccc1Br. The van der Waals surface area contributed by atoms with Crippen molar-refractivity contribution in [1.29, 1.82) is 0 Å². The molecule has 1 aromatic carbocycles. The average Bonchev–Trinajstić information content (AvgIpc) is 2.90. The Kier molecular flexibility index (Phi) is 3.48. The summed E-state index contributed by atoms with van der Waals surface area (Å²) in [7, 11) is 0. The molecule has 0 aliphatic rings. The van der Waals surface area contributed by atoms with Crippen molar-refractivity contribution < 1.29 is 4.79 Å². The Bertz CT molecular complexity index is 849. The van der Waals surface area contributed by atoms with E-state index < -0.39 is 0 Å². The standard InChI is InChI=1S/C12H8BrClN6O/c13-6-2-1-5(3-7(6)15)11(21)20-12-18-9(14)8-10(19-12)17-4-16-8/h1-4H,15H2,(H2,16,17,18,19,20,21). The number of carbonyl (C=O) groups excluding carboxylic acids is 1. The minimum absolute atomic E-state index is 0.0751. The third-order valence-electron chi connectivity index (χ3n) is 2.73. The molecule has 21 heavy (non-hydrogen) atoms. The van der Waals surface area contributed by atoms with Crippen LogP contribution in [0, 0.1) is 0 Å². The molecule has 7 nitrogen and oxygen atoms in total. The maximum atomic E-state index is 12.1. The van der Waals surface area contributed by atoms with Crippen LogP contribution < -0.4 is 11.1 Å². The van der Waals surface area contributed by atoms with Crippen LogP contribution in [0.2, 0.25) is 5.15 Å². The predicted molar refractivity (Wildman–Crippen MR) is 83.2 cm³/mol. The quantitative estimate of drug-likeness (QED) is 0.476. The molecule has 0 radical (unpaired) electrons. The summed E-state index contributed by atoms with van der Waals surface area (Å²) in [5.41, 5.74) is 7.48. The summed E-state index contributed by atoms with van der Waals surface area (Å²) in [6, 6.07) is 4.87. The summed E-state index contributed by atoms with van der Waals surface area (Å²) in [6.45, 7) is 0. The molecular weight excluding hydrogens is 360 g/mol. The monoisotopic (exact) mass is 366 g/mol. The van der Waals surface area contributed by atoms with E-state index in [1.54, 1.807) is 18.2 Å². The number of anilines is 2. The van der Waals surface area contributed by atoms with Gasteiger partial charge < -0.3 is 10.7 Å². The van der Waals surface area contributed by atoms with E-state index >= 15 is 0 Å². The predicted octanol–water partition coefficient (Wildman–Crippen LogP) is 2.60. The normalized spacial score (nSPS) is 10.8. The van der Waals surface area contributed by atoms with Crippen LogP contribution in [0.25, 0.3) is 11.2 Å². The zero-order chi connectivity index (χ0) is 15.0. The van der Waals surface area contributed by atoms with Gasteiger partial charge in [0.25, 0.3) is 5.91 Å². The van der Waals surface area contributed by atoms with Crippen LogP contribution in [0.5, 0.6) is 0 Å². The van der Waals surface area contributed by atoms with Gasteiger partial charge >= 0.3 is 0 Å². The molecule has 0 unspecified atom stereocenters. The van der Waals surface area contributed by atoms with Crippen LogP contribution in [-0.2, 0) is 0 Å². The fraction of sp³-hybridized carbons (Fsp3) is 0. The molecule has 0 aliphatic heterocycles. The smallest absolute Gasteiger partial charge is 0.258 e. The van der Waals surface area contributed by atoms with Crippen molar-refractivity contribution in [1.82, 2.24) is 19.9 Å². The number of nitrogens with zero attached hydrogens (tertiary/aromatic N) is 3. The van der Waals surface area contributed by atoms with Crippen LogP contribution in [0.4, 0.5) is 11.6 Å². The summed E-state index contributed by atoms with van der Waals surface area (Å²) in [5.74, 6) is -0.314. The molecular formula is C12H8BrClN6O. The molecule has 9 heteroatoms. The molecule has 0 aliphatic carbocycles. The summed E-state index contributed by atoms with van der Waals surface area (Å²) < 4.78 is 0.719. The zero-order valence-corrected chi connectivity index (χ0v) is 12.7. The van der Waals surface area contributed by atoms with E-state index in [4.69, 9.17) is 17.3 Å². The number of H-pyrrole nitrogens is 1. The van der Waals surface area contributed by atoms with Gasteiger partial charge in [0.15, 0.2) is 10.8 Å².